The smallest absolute Gasteiger partial charge is 0.267 e. The van der Waals surface area contributed by atoms with Gasteiger partial charge in [0.2, 0.25) is 5.91 Å². The first kappa shape index (κ1) is 18.0. The minimum atomic E-state index is -0.330. The molecule has 2 amide bonds. The number of pyridine rings is 1. The summed E-state index contributed by atoms with van der Waals surface area (Å²) in [5, 5.41) is 6.27. The van der Waals surface area contributed by atoms with Gasteiger partial charge in [-0.3, -0.25) is 14.6 Å². The molecule has 8 heteroatoms. The number of benzene rings is 1. The molecule has 26 heavy (non-hydrogen) atoms. The Morgan fingerprint density at radius 2 is 1.96 bits per heavy atom. The number of nitrogens with zero attached hydrogens (tertiary/aromatic N) is 2. The molecule has 0 atom stereocenters. The van der Waals surface area contributed by atoms with Gasteiger partial charge in [0, 0.05) is 11.9 Å². The third-order valence-corrected chi connectivity index (χ3v) is 4.73. The predicted octanol–water partition coefficient (Wildman–Crippen LogP) is 3.93. The van der Waals surface area contributed by atoms with E-state index in [1.165, 1.54) is 6.20 Å². The zero-order chi connectivity index (χ0) is 18.5. The molecule has 0 aliphatic rings. The van der Waals surface area contributed by atoms with Crippen LogP contribution >= 0.6 is 22.9 Å². The molecular weight excluding hydrogens is 372 g/mol. The summed E-state index contributed by atoms with van der Waals surface area (Å²) in [5.41, 5.74) is 2.08. The van der Waals surface area contributed by atoms with Crippen LogP contribution in [-0.4, -0.2) is 21.8 Å². The van der Waals surface area contributed by atoms with E-state index in [2.05, 4.69) is 20.6 Å². The second kappa shape index (κ2) is 8.07. The zero-order valence-electron chi connectivity index (χ0n) is 13.8. The summed E-state index contributed by atoms with van der Waals surface area (Å²) in [4.78, 5) is 33.0. The van der Waals surface area contributed by atoms with Gasteiger partial charge in [0.25, 0.3) is 5.91 Å². The van der Waals surface area contributed by atoms with Gasteiger partial charge in [0.15, 0.2) is 5.13 Å². The Bertz CT molecular complexity index is 923. The molecule has 3 aromatic rings. The molecule has 0 unspecified atom stereocenters. The Morgan fingerprint density at radius 3 is 2.69 bits per heavy atom. The van der Waals surface area contributed by atoms with Crippen LogP contribution in [0.3, 0.4) is 0 Å². The third kappa shape index (κ3) is 4.44. The second-order valence-corrected chi connectivity index (χ2v) is 6.90. The number of hydrogen-bond acceptors (Lipinski definition) is 5. The Morgan fingerprint density at radius 1 is 1.12 bits per heavy atom. The number of para-hydroxylation sites is 1. The van der Waals surface area contributed by atoms with Gasteiger partial charge in [0.1, 0.15) is 4.88 Å². The van der Waals surface area contributed by atoms with Crippen molar-refractivity contribution in [1.29, 1.82) is 0 Å². The molecule has 132 valence electrons. The highest BCUT2D eigenvalue weighted by Gasteiger charge is 2.15. The average molecular weight is 387 g/mol. The lowest BCUT2D eigenvalue weighted by Crippen LogP contribution is -2.14. The molecule has 2 aromatic heterocycles. The van der Waals surface area contributed by atoms with Gasteiger partial charge in [-0.1, -0.05) is 41.1 Å². The fourth-order valence-corrected chi connectivity index (χ4v) is 3.23. The van der Waals surface area contributed by atoms with Gasteiger partial charge >= 0.3 is 0 Å². The van der Waals surface area contributed by atoms with Crippen molar-refractivity contribution < 1.29 is 9.59 Å². The van der Waals surface area contributed by atoms with E-state index in [1.54, 1.807) is 24.4 Å². The number of hydrogen-bond donors (Lipinski definition) is 2. The fourth-order valence-electron chi connectivity index (χ4n) is 2.23. The standard InChI is InChI=1S/C18H15ClN4O2S/c1-11-5-4-7-13(19)16(11)23-17(25)14-10-21-18(26-14)22-15(24)9-12-6-2-3-8-20-12/h2-8,10H,9H2,1H3,(H,23,25)(H,21,22,24). The summed E-state index contributed by atoms with van der Waals surface area (Å²) in [7, 11) is 0. The Balaban J connectivity index is 1.64. The Labute approximate surface area is 159 Å². The number of rotatable bonds is 5. The van der Waals surface area contributed by atoms with Gasteiger partial charge < -0.3 is 10.6 Å². The van der Waals surface area contributed by atoms with Gasteiger partial charge in [-0.25, -0.2) is 4.98 Å². The molecule has 2 heterocycles. The van der Waals surface area contributed by atoms with Crippen LogP contribution in [0.2, 0.25) is 5.02 Å². The number of nitrogens with one attached hydrogen (secondary N) is 2. The van der Waals surface area contributed by atoms with Crippen LogP contribution in [0.4, 0.5) is 10.8 Å². The van der Waals surface area contributed by atoms with E-state index < -0.39 is 0 Å². The van der Waals surface area contributed by atoms with Crippen molar-refractivity contribution >= 4 is 45.6 Å². The zero-order valence-corrected chi connectivity index (χ0v) is 15.4. The fraction of sp³-hybridized carbons (Fsp3) is 0.111. The number of anilines is 2. The Kier molecular flexibility index (Phi) is 5.60. The van der Waals surface area contributed by atoms with Gasteiger partial charge in [-0.15, -0.1) is 0 Å². The first-order chi connectivity index (χ1) is 12.5. The monoisotopic (exact) mass is 386 g/mol. The van der Waals surface area contributed by atoms with Crippen molar-refractivity contribution in [2.75, 3.05) is 10.6 Å². The molecule has 2 N–H and O–H groups in total. The van der Waals surface area contributed by atoms with Crippen molar-refractivity contribution in [3.05, 3.63) is 69.9 Å². The lowest BCUT2D eigenvalue weighted by molar-refractivity contribution is -0.115. The average Bonchev–Trinajstić information content (AvgIpc) is 3.07. The van der Waals surface area contributed by atoms with Crippen LogP contribution in [-0.2, 0) is 11.2 Å². The van der Waals surface area contributed by atoms with Crippen LogP contribution in [0, 0.1) is 6.92 Å². The largest absolute Gasteiger partial charge is 0.320 e. The lowest BCUT2D eigenvalue weighted by atomic mass is 10.2. The minimum Gasteiger partial charge on any atom is -0.320 e. The summed E-state index contributed by atoms with van der Waals surface area (Å²) in [5.74, 6) is -0.573. The molecule has 0 radical (unpaired) electrons. The van der Waals surface area contributed by atoms with Gasteiger partial charge in [-0.05, 0) is 30.7 Å². The summed E-state index contributed by atoms with van der Waals surface area (Å²) in [6.07, 6.45) is 3.19. The van der Waals surface area contributed by atoms with Crippen LogP contribution < -0.4 is 10.6 Å². The van der Waals surface area contributed by atoms with E-state index in [-0.39, 0.29) is 18.2 Å². The molecular formula is C18H15ClN4O2S. The predicted molar refractivity (Wildman–Crippen MR) is 103 cm³/mol. The first-order valence-corrected chi connectivity index (χ1v) is 8.94. The SMILES string of the molecule is Cc1cccc(Cl)c1NC(=O)c1cnc(NC(=O)Cc2ccccn2)s1. The normalized spacial score (nSPS) is 10.4. The number of thiazole rings is 1. The van der Waals surface area contributed by atoms with Crippen LogP contribution in [0.15, 0.2) is 48.8 Å². The van der Waals surface area contributed by atoms with Crippen LogP contribution in [0.25, 0.3) is 0 Å². The van der Waals surface area contributed by atoms with E-state index >= 15 is 0 Å². The first-order valence-electron chi connectivity index (χ1n) is 7.75. The van der Waals surface area contributed by atoms with Gasteiger partial charge in [-0.2, -0.15) is 0 Å². The topological polar surface area (TPSA) is 84.0 Å². The molecule has 0 fully saturated rings. The Hall–Kier alpha value is -2.77. The molecule has 3 rings (SSSR count). The van der Waals surface area contributed by atoms with Gasteiger partial charge in [0.05, 0.1) is 23.3 Å². The number of carbonyl (C=O) groups is 2. The highest BCUT2D eigenvalue weighted by Crippen LogP contribution is 2.27. The quantitative estimate of drug-likeness (QED) is 0.695. The lowest BCUT2D eigenvalue weighted by Gasteiger charge is -2.08. The van der Waals surface area contributed by atoms with Crippen LogP contribution in [0.1, 0.15) is 20.9 Å². The van der Waals surface area contributed by atoms with Crippen molar-refractivity contribution in [2.45, 2.75) is 13.3 Å². The summed E-state index contributed by atoms with van der Waals surface area (Å²) in [6, 6.07) is 10.8. The molecule has 1 aromatic carbocycles. The van der Waals surface area contributed by atoms with Crippen molar-refractivity contribution in [2.24, 2.45) is 0 Å². The molecule has 0 aliphatic heterocycles. The highest BCUT2D eigenvalue weighted by molar-refractivity contribution is 7.17. The number of amides is 2. The van der Waals surface area contributed by atoms with E-state index in [4.69, 9.17) is 11.6 Å². The highest BCUT2D eigenvalue weighted by atomic mass is 35.5. The summed E-state index contributed by atoms with van der Waals surface area (Å²) in [6.45, 7) is 1.86. The second-order valence-electron chi connectivity index (χ2n) is 5.46. The summed E-state index contributed by atoms with van der Waals surface area (Å²) < 4.78 is 0. The minimum absolute atomic E-state index is 0.140. The number of aromatic nitrogens is 2. The number of aryl methyl sites for hydroxylation is 1. The molecule has 0 saturated heterocycles. The molecule has 0 aliphatic carbocycles. The third-order valence-electron chi connectivity index (χ3n) is 3.50. The maximum atomic E-state index is 12.4. The number of carbonyl (C=O) groups excluding carboxylic acids is 2. The number of halogens is 1. The molecule has 0 spiro atoms. The van der Waals surface area contributed by atoms with Crippen molar-refractivity contribution in [1.82, 2.24) is 9.97 Å². The van der Waals surface area contributed by atoms with E-state index in [0.717, 1.165) is 16.9 Å². The molecule has 0 saturated carbocycles. The van der Waals surface area contributed by atoms with Crippen molar-refractivity contribution in [3.63, 3.8) is 0 Å². The summed E-state index contributed by atoms with van der Waals surface area (Å²) >= 11 is 7.21. The van der Waals surface area contributed by atoms with Crippen molar-refractivity contribution in [3.8, 4) is 0 Å². The van der Waals surface area contributed by atoms with E-state index in [1.807, 2.05) is 25.1 Å². The maximum absolute atomic E-state index is 12.4. The molecule has 6 nitrogen and oxygen atoms in total. The molecule has 0 bridgehead atoms. The van der Waals surface area contributed by atoms with E-state index in [9.17, 15) is 9.59 Å². The van der Waals surface area contributed by atoms with Crippen LogP contribution in [0.5, 0.6) is 0 Å². The maximum Gasteiger partial charge on any atom is 0.267 e. The van der Waals surface area contributed by atoms with E-state index in [0.29, 0.717) is 26.4 Å².